The van der Waals surface area contributed by atoms with Gasteiger partial charge in [0.2, 0.25) is 0 Å². The maximum absolute atomic E-state index is 10.0. The Kier molecular flexibility index (Phi) is 7.89. The number of aromatic nitrogens is 1. The summed E-state index contributed by atoms with van der Waals surface area (Å²) in [4.78, 5) is 15.0. The number of carbonyl (C=O) groups is 1. The van der Waals surface area contributed by atoms with Crippen LogP contribution in [0.15, 0.2) is 64.9 Å². The van der Waals surface area contributed by atoms with E-state index in [0.717, 1.165) is 34.2 Å². The van der Waals surface area contributed by atoms with E-state index in [9.17, 15) is 4.79 Å². The van der Waals surface area contributed by atoms with Gasteiger partial charge in [-0.2, -0.15) is 0 Å². The molecule has 0 fully saturated rings. The van der Waals surface area contributed by atoms with Gasteiger partial charge in [0.15, 0.2) is 5.78 Å². The molecule has 2 aromatic heterocycles. The van der Waals surface area contributed by atoms with Crippen molar-refractivity contribution in [2.24, 2.45) is 5.92 Å². The maximum atomic E-state index is 10.0. The summed E-state index contributed by atoms with van der Waals surface area (Å²) in [5.74, 6) is 0.504. The molecule has 1 aliphatic carbocycles. The van der Waals surface area contributed by atoms with E-state index < -0.39 is 0 Å². The summed E-state index contributed by atoms with van der Waals surface area (Å²) in [6.45, 7) is 14.2. The molecule has 3 aromatic carbocycles. The van der Waals surface area contributed by atoms with Gasteiger partial charge < -0.3 is 14.5 Å². The number of ketones is 1. The van der Waals surface area contributed by atoms with Crippen molar-refractivity contribution in [3.63, 3.8) is 0 Å². The molecule has 1 radical (unpaired) electrons. The molecule has 6 rings (SSSR count). The summed E-state index contributed by atoms with van der Waals surface area (Å²) < 4.78 is 6.51. The van der Waals surface area contributed by atoms with Gasteiger partial charge in [-0.25, -0.2) is 0 Å². The summed E-state index contributed by atoms with van der Waals surface area (Å²) in [6, 6.07) is 18.8. The molecular formula is C34H34IrNO3-. The van der Waals surface area contributed by atoms with Crippen molar-refractivity contribution in [2.45, 2.75) is 60.3 Å². The summed E-state index contributed by atoms with van der Waals surface area (Å²) in [7, 11) is 0. The van der Waals surface area contributed by atoms with Gasteiger partial charge in [0.05, 0.1) is 11.3 Å². The van der Waals surface area contributed by atoms with E-state index in [-0.39, 0.29) is 37.1 Å². The molecule has 0 bridgehead atoms. The minimum atomic E-state index is -0.228. The second-order valence-electron chi connectivity index (χ2n) is 11.4. The fourth-order valence-corrected chi connectivity index (χ4v) is 5.80. The summed E-state index contributed by atoms with van der Waals surface area (Å²) in [6.07, 6.45) is 4.18. The van der Waals surface area contributed by atoms with Gasteiger partial charge in [-0.1, -0.05) is 75.0 Å². The van der Waals surface area contributed by atoms with E-state index in [2.05, 4.69) is 71.0 Å². The van der Waals surface area contributed by atoms with Crippen LogP contribution in [0.5, 0.6) is 0 Å². The molecule has 2 heterocycles. The van der Waals surface area contributed by atoms with Gasteiger partial charge >= 0.3 is 0 Å². The SMILES string of the molecule is CC(=O)/C=C(/C)O.Cc1ccc2cnc3c(c2c1)C(C)(C)c1ccc(CC(C)C)c2oc4cc[c-]c-3c4c12.[Ir]. The number of aliphatic hydroxyl groups is 1. The first-order chi connectivity index (χ1) is 18.0. The van der Waals surface area contributed by atoms with Gasteiger partial charge in [0, 0.05) is 37.8 Å². The fourth-order valence-electron chi connectivity index (χ4n) is 5.80. The van der Waals surface area contributed by atoms with Crippen molar-refractivity contribution >= 4 is 38.5 Å². The Hall–Kier alpha value is -3.27. The number of fused-ring (bicyclic) bond motifs is 4. The van der Waals surface area contributed by atoms with Crippen molar-refractivity contribution in [2.75, 3.05) is 0 Å². The Bertz CT molecular complexity index is 1750. The average Bonchev–Trinajstić information content (AvgIpc) is 3.19. The van der Waals surface area contributed by atoms with Crippen LogP contribution in [0.2, 0.25) is 0 Å². The quantitative estimate of drug-likeness (QED) is 0.116. The maximum Gasteiger partial charge on any atom is 0.155 e. The van der Waals surface area contributed by atoms with Gasteiger partial charge in [0.1, 0.15) is 5.58 Å². The Morgan fingerprint density at radius 1 is 1.13 bits per heavy atom. The van der Waals surface area contributed by atoms with Crippen molar-refractivity contribution in [3.8, 4) is 11.3 Å². The minimum Gasteiger partial charge on any atom is -0.512 e. The largest absolute Gasteiger partial charge is 0.512 e. The smallest absolute Gasteiger partial charge is 0.155 e. The number of pyridine rings is 1. The first-order valence-electron chi connectivity index (χ1n) is 13.2. The summed E-state index contributed by atoms with van der Waals surface area (Å²) in [5, 5.41) is 13.2. The number of benzene rings is 3. The van der Waals surface area contributed by atoms with Crippen molar-refractivity contribution < 1.29 is 34.4 Å². The van der Waals surface area contributed by atoms with Gasteiger partial charge in [-0.05, 0) is 71.7 Å². The number of allylic oxidation sites excluding steroid dienone is 2. The Balaban J connectivity index is 0.000000394. The molecule has 5 heteroatoms. The van der Waals surface area contributed by atoms with E-state index in [0.29, 0.717) is 5.92 Å². The fraction of sp³-hybridized carbons (Fsp3) is 0.294. The minimum absolute atomic E-state index is 0. The predicted molar refractivity (Wildman–Crippen MR) is 156 cm³/mol. The zero-order valence-electron chi connectivity index (χ0n) is 23.5. The number of hydrogen-bond donors (Lipinski definition) is 1. The zero-order chi connectivity index (χ0) is 27.4. The Morgan fingerprint density at radius 3 is 2.51 bits per heavy atom. The van der Waals surface area contributed by atoms with Crippen LogP contribution in [0.3, 0.4) is 0 Å². The zero-order valence-corrected chi connectivity index (χ0v) is 25.9. The summed E-state index contributed by atoms with van der Waals surface area (Å²) in [5.41, 5.74) is 8.96. The predicted octanol–water partition coefficient (Wildman–Crippen LogP) is 8.78. The monoisotopic (exact) mass is 697 g/mol. The van der Waals surface area contributed by atoms with Gasteiger partial charge in [0.25, 0.3) is 0 Å². The number of nitrogens with zero attached hydrogens (tertiary/aromatic N) is 1. The van der Waals surface area contributed by atoms with Crippen molar-refractivity contribution in [1.29, 1.82) is 0 Å². The van der Waals surface area contributed by atoms with E-state index >= 15 is 0 Å². The molecule has 0 unspecified atom stereocenters. The van der Waals surface area contributed by atoms with Crippen LogP contribution in [-0.2, 0) is 36.7 Å². The normalized spacial score (nSPS) is 13.7. The molecule has 203 valence electrons. The molecule has 0 amide bonds. The molecule has 0 aliphatic heterocycles. The molecule has 0 saturated heterocycles. The number of rotatable bonds is 3. The van der Waals surface area contributed by atoms with Crippen LogP contribution in [0.1, 0.15) is 63.8 Å². The third-order valence-electron chi connectivity index (χ3n) is 7.28. The van der Waals surface area contributed by atoms with E-state index in [4.69, 9.17) is 14.5 Å². The number of aliphatic hydroxyl groups excluding tert-OH is 1. The molecule has 4 nitrogen and oxygen atoms in total. The molecule has 0 atom stereocenters. The molecule has 1 N–H and O–H groups in total. The van der Waals surface area contributed by atoms with Crippen molar-refractivity contribution in [3.05, 3.63) is 88.8 Å². The Labute approximate surface area is 243 Å². The topological polar surface area (TPSA) is 63.3 Å². The number of hydrogen-bond acceptors (Lipinski definition) is 4. The second kappa shape index (κ2) is 10.7. The third-order valence-corrected chi connectivity index (χ3v) is 7.28. The van der Waals surface area contributed by atoms with Crippen LogP contribution in [-0.4, -0.2) is 15.9 Å². The van der Waals surface area contributed by atoms with Gasteiger partial charge in [-0.3, -0.25) is 4.79 Å². The second-order valence-corrected chi connectivity index (χ2v) is 11.4. The molecule has 5 aromatic rings. The first-order valence-corrected chi connectivity index (χ1v) is 13.2. The Morgan fingerprint density at radius 2 is 1.87 bits per heavy atom. The first kappa shape index (κ1) is 28.7. The summed E-state index contributed by atoms with van der Waals surface area (Å²) >= 11 is 0. The van der Waals surface area contributed by atoms with E-state index in [1.807, 2.05) is 18.3 Å². The number of aryl methyl sites for hydroxylation is 1. The molecule has 1 aliphatic rings. The van der Waals surface area contributed by atoms with Crippen molar-refractivity contribution in [1.82, 2.24) is 4.98 Å². The molecule has 0 saturated carbocycles. The van der Waals surface area contributed by atoms with Crippen LogP contribution < -0.4 is 0 Å². The molecular weight excluding hydrogens is 663 g/mol. The van der Waals surface area contributed by atoms with Gasteiger partial charge in [-0.15, -0.1) is 17.7 Å². The molecule has 39 heavy (non-hydrogen) atoms. The van der Waals surface area contributed by atoms with Crippen LogP contribution in [0.25, 0.3) is 44.0 Å². The standard InChI is InChI=1S/C29H26NO.C5H8O2.Ir/c1-16(2)13-18-11-12-22-25-24-20(7-6-8-23(24)31-28(18)25)27-26(29(22,4)5)21-14-17(3)9-10-19(21)15-30-27;1-4(6)3-5(2)7;/h6,8-12,14-16H,13H2,1-5H3;3,6H,1-2H3;/q-1;;/b;4-3-;. The van der Waals surface area contributed by atoms with E-state index in [1.165, 1.54) is 58.3 Å². The van der Waals surface area contributed by atoms with Crippen LogP contribution >= 0.6 is 0 Å². The third kappa shape index (κ3) is 5.06. The number of carbonyl (C=O) groups excluding carboxylic acids is 1. The number of furan rings is 1. The average molecular weight is 697 g/mol. The molecule has 0 spiro atoms. The van der Waals surface area contributed by atoms with E-state index in [1.54, 1.807) is 0 Å². The van der Waals surface area contributed by atoms with Crippen LogP contribution in [0.4, 0.5) is 0 Å². The van der Waals surface area contributed by atoms with Crippen LogP contribution in [0, 0.1) is 18.9 Å².